The summed E-state index contributed by atoms with van der Waals surface area (Å²) in [6.07, 6.45) is -1.18. The van der Waals surface area contributed by atoms with Crippen molar-refractivity contribution in [3.05, 3.63) is 38.2 Å². The fourth-order valence-electron chi connectivity index (χ4n) is 4.16. The SMILES string of the molecule is CON=C1CCC(NN2CCN(c3nc(=O)c4cc(C(F)(F)F)cc([N+](=O)[O-])c4s3)CC2)CC1. The molecule has 0 amide bonds. The topological polar surface area (TPSA) is 113 Å². The number of halogens is 3. The zero-order chi connectivity index (χ0) is 24.5. The molecule has 1 N–H and O–H groups in total. The van der Waals surface area contributed by atoms with E-state index in [0.29, 0.717) is 44.4 Å². The first kappa shape index (κ1) is 24.3. The minimum Gasteiger partial charge on any atom is -0.399 e. The van der Waals surface area contributed by atoms with Gasteiger partial charge in [-0.05, 0) is 31.7 Å². The summed E-state index contributed by atoms with van der Waals surface area (Å²) in [5.41, 5.74) is 1.67. The molecule has 2 aliphatic rings. The van der Waals surface area contributed by atoms with Crippen LogP contribution in [0.4, 0.5) is 24.0 Å². The van der Waals surface area contributed by atoms with Crippen molar-refractivity contribution < 1.29 is 22.9 Å². The summed E-state index contributed by atoms with van der Waals surface area (Å²) >= 11 is 0.865. The third-order valence-corrected chi connectivity index (χ3v) is 7.08. The molecule has 14 heteroatoms. The Kier molecular flexibility index (Phi) is 7.00. The number of aromatic nitrogens is 1. The summed E-state index contributed by atoms with van der Waals surface area (Å²) < 4.78 is 39.3. The van der Waals surface area contributed by atoms with Crippen LogP contribution in [0.2, 0.25) is 0 Å². The van der Waals surface area contributed by atoms with Gasteiger partial charge in [-0.1, -0.05) is 16.5 Å². The summed E-state index contributed by atoms with van der Waals surface area (Å²) in [6, 6.07) is 1.42. The number of alkyl halides is 3. The van der Waals surface area contributed by atoms with Gasteiger partial charge < -0.3 is 9.74 Å². The second-order valence-electron chi connectivity index (χ2n) is 8.15. The zero-order valence-corrected chi connectivity index (χ0v) is 19.1. The van der Waals surface area contributed by atoms with E-state index in [1.54, 1.807) is 0 Å². The highest BCUT2D eigenvalue weighted by atomic mass is 32.1. The molecule has 1 aromatic heterocycles. The van der Waals surface area contributed by atoms with Crippen molar-refractivity contribution in [1.29, 1.82) is 0 Å². The average molecular weight is 501 g/mol. The number of nitrogens with zero attached hydrogens (tertiary/aromatic N) is 5. The maximum absolute atomic E-state index is 13.1. The summed E-state index contributed by atoms with van der Waals surface area (Å²) in [5.74, 6) is 0. The standard InChI is InChI=1S/C20H23F3N6O4S/c1-33-26-14-4-2-13(3-5-14)25-28-8-6-27(7-9-28)19-24-18(30)15-10-12(20(21,22)23)11-16(29(31)32)17(15)34-19/h10-11,13,25H,2-9H2,1H3. The normalized spacial score (nSPS) is 19.9. The van der Waals surface area contributed by atoms with Gasteiger partial charge in [0.2, 0.25) is 0 Å². The van der Waals surface area contributed by atoms with Crippen LogP contribution in [0.25, 0.3) is 10.1 Å². The smallest absolute Gasteiger partial charge is 0.399 e. The van der Waals surface area contributed by atoms with Gasteiger partial charge in [0, 0.05) is 38.3 Å². The second kappa shape index (κ2) is 9.80. The van der Waals surface area contributed by atoms with Crippen molar-refractivity contribution >= 4 is 38.0 Å². The lowest BCUT2D eigenvalue weighted by Gasteiger charge is -2.38. The van der Waals surface area contributed by atoms with Crippen LogP contribution in [0, 0.1) is 10.1 Å². The number of hydrogen-bond donors (Lipinski definition) is 1. The maximum atomic E-state index is 13.1. The number of nitro groups is 1. The summed E-state index contributed by atoms with van der Waals surface area (Å²) in [7, 11) is 1.54. The van der Waals surface area contributed by atoms with Crippen molar-refractivity contribution in [3.8, 4) is 0 Å². The first-order valence-electron chi connectivity index (χ1n) is 10.7. The largest absolute Gasteiger partial charge is 0.416 e. The van der Waals surface area contributed by atoms with Gasteiger partial charge in [0.25, 0.3) is 11.2 Å². The fourth-order valence-corrected chi connectivity index (χ4v) is 5.28. The summed E-state index contributed by atoms with van der Waals surface area (Å²) in [5, 5.41) is 17.4. The first-order valence-corrected chi connectivity index (χ1v) is 11.5. The number of hydrogen-bond acceptors (Lipinski definition) is 10. The van der Waals surface area contributed by atoms with Crippen LogP contribution in [0.5, 0.6) is 0 Å². The van der Waals surface area contributed by atoms with Crippen molar-refractivity contribution in [3.63, 3.8) is 0 Å². The molecule has 1 saturated heterocycles. The minimum atomic E-state index is -4.81. The predicted octanol–water partition coefficient (Wildman–Crippen LogP) is 3.16. The van der Waals surface area contributed by atoms with Crippen LogP contribution >= 0.6 is 11.3 Å². The van der Waals surface area contributed by atoms with Crippen LogP contribution in [0.15, 0.2) is 22.1 Å². The Morgan fingerprint density at radius 2 is 1.91 bits per heavy atom. The predicted molar refractivity (Wildman–Crippen MR) is 121 cm³/mol. The molecule has 1 aliphatic heterocycles. The minimum absolute atomic E-state index is 0.107. The van der Waals surface area contributed by atoms with Crippen molar-refractivity contribution in [2.45, 2.75) is 37.9 Å². The lowest BCUT2D eigenvalue weighted by molar-refractivity contribution is -0.383. The van der Waals surface area contributed by atoms with E-state index < -0.39 is 33.3 Å². The molecule has 0 radical (unpaired) electrons. The van der Waals surface area contributed by atoms with Crippen LogP contribution in [-0.4, -0.2) is 60.0 Å². The first-order chi connectivity index (χ1) is 16.2. The monoisotopic (exact) mass is 500 g/mol. The molecule has 10 nitrogen and oxygen atoms in total. The van der Waals surface area contributed by atoms with Gasteiger partial charge in [-0.15, -0.1) is 0 Å². The quantitative estimate of drug-likeness (QED) is 0.492. The average Bonchev–Trinajstić information content (AvgIpc) is 2.79. The lowest BCUT2D eigenvalue weighted by atomic mass is 9.94. The highest BCUT2D eigenvalue weighted by molar-refractivity contribution is 7.22. The molecule has 0 atom stereocenters. The number of rotatable bonds is 5. The molecule has 2 heterocycles. The molecule has 2 fully saturated rings. The Bertz CT molecular complexity index is 1150. The Morgan fingerprint density at radius 3 is 2.50 bits per heavy atom. The number of anilines is 1. The van der Waals surface area contributed by atoms with E-state index in [9.17, 15) is 28.1 Å². The van der Waals surface area contributed by atoms with Crippen LogP contribution in [-0.2, 0) is 11.0 Å². The van der Waals surface area contributed by atoms with Crippen molar-refractivity contribution in [2.75, 3.05) is 38.2 Å². The van der Waals surface area contributed by atoms with E-state index in [0.717, 1.165) is 42.7 Å². The van der Waals surface area contributed by atoms with Gasteiger partial charge in [-0.2, -0.15) is 18.2 Å². The van der Waals surface area contributed by atoms with Gasteiger partial charge in [0.05, 0.1) is 21.6 Å². The molecule has 0 unspecified atom stereocenters. The Morgan fingerprint density at radius 1 is 1.24 bits per heavy atom. The molecule has 2 aromatic rings. The molecule has 1 aliphatic carbocycles. The molecule has 0 bridgehead atoms. The van der Waals surface area contributed by atoms with E-state index >= 15 is 0 Å². The highest BCUT2D eigenvalue weighted by Gasteiger charge is 2.34. The maximum Gasteiger partial charge on any atom is 0.416 e. The van der Waals surface area contributed by atoms with Crippen LogP contribution in [0.1, 0.15) is 31.2 Å². The second-order valence-corrected chi connectivity index (χ2v) is 9.12. The van der Waals surface area contributed by atoms with Crippen molar-refractivity contribution in [1.82, 2.24) is 15.4 Å². The summed E-state index contributed by atoms with van der Waals surface area (Å²) in [6.45, 7) is 2.29. The number of hydrazine groups is 1. The molecular formula is C20H23F3N6O4S. The number of nitrogens with one attached hydrogen (secondary N) is 1. The lowest BCUT2D eigenvalue weighted by Crippen LogP contribution is -2.55. The number of nitro benzene ring substituents is 1. The van der Waals surface area contributed by atoms with Crippen LogP contribution in [0.3, 0.4) is 0 Å². The number of piperazine rings is 1. The number of benzene rings is 1. The third kappa shape index (κ3) is 5.28. The van der Waals surface area contributed by atoms with E-state index in [-0.39, 0.29) is 9.83 Å². The molecule has 34 heavy (non-hydrogen) atoms. The van der Waals surface area contributed by atoms with Gasteiger partial charge in [-0.25, -0.2) is 5.01 Å². The fraction of sp³-hybridized carbons (Fsp3) is 0.550. The molecule has 1 aromatic carbocycles. The van der Waals surface area contributed by atoms with Crippen LogP contribution < -0.4 is 15.9 Å². The molecule has 184 valence electrons. The van der Waals surface area contributed by atoms with Gasteiger partial charge in [0.1, 0.15) is 11.8 Å². The van der Waals surface area contributed by atoms with Gasteiger partial charge in [0.15, 0.2) is 5.13 Å². The number of non-ortho nitro benzene ring substituents is 1. The molecule has 1 saturated carbocycles. The Hall–Kier alpha value is -2.84. The molecular weight excluding hydrogens is 477 g/mol. The van der Waals surface area contributed by atoms with E-state index in [2.05, 4.69) is 20.6 Å². The van der Waals surface area contributed by atoms with Gasteiger partial charge in [-0.3, -0.25) is 20.3 Å². The molecule has 0 spiro atoms. The highest BCUT2D eigenvalue weighted by Crippen LogP contribution is 2.38. The number of oxime groups is 1. The van der Waals surface area contributed by atoms with E-state index in [1.807, 2.05) is 4.90 Å². The van der Waals surface area contributed by atoms with E-state index in [4.69, 9.17) is 4.84 Å². The Labute approximate surface area is 196 Å². The summed E-state index contributed by atoms with van der Waals surface area (Å²) in [4.78, 5) is 33.7. The van der Waals surface area contributed by atoms with E-state index in [1.165, 1.54) is 7.11 Å². The van der Waals surface area contributed by atoms with Crippen molar-refractivity contribution in [2.24, 2.45) is 5.16 Å². The Balaban J connectivity index is 1.48. The zero-order valence-electron chi connectivity index (χ0n) is 18.3. The van der Waals surface area contributed by atoms with Gasteiger partial charge >= 0.3 is 6.18 Å². The number of fused-ring (bicyclic) bond motifs is 1. The third-order valence-electron chi connectivity index (χ3n) is 5.91. The molecule has 4 rings (SSSR count).